The third-order valence-corrected chi connectivity index (χ3v) is 6.89. The van der Waals surface area contributed by atoms with Crippen molar-refractivity contribution >= 4 is 0 Å². The fourth-order valence-electron chi connectivity index (χ4n) is 4.89. The number of hydrogen-bond acceptors (Lipinski definition) is 0. The highest BCUT2D eigenvalue weighted by atomic mass is 19.1. The van der Waals surface area contributed by atoms with E-state index in [9.17, 15) is 4.39 Å². The van der Waals surface area contributed by atoms with Crippen LogP contribution in [0.5, 0.6) is 0 Å². The fraction of sp³-hybridized carbons (Fsp3) is 0.379. The molecule has 0 aliphatic heterocycles. The van der Waals surface area contributed by atoms with E-state index < -0.39 is 0 Å². The van der Waals surface area contributed by atoms with E-state index in [4.69, 9.17) is 0 Å². The van der Waals surface area contributed by atoms with Crippen molar-refractivity contribution < 1.29 is 4.39 Å². The maximum Gasteiger partial charge on any atom is 0.0894 e. The summed E-state index contributed by atoms with van der Waals surface area (Å²) in [6, 6.07) is 27.0. The Morgan fingerprint density at radius 1 is 0.667 bits per heavy atom. The molecule has 0 bridgehead atoms. The SMILES string of the molecule is CCc1ccc(-c2ccc(-c3ccc(C4CCC(CCCF)CC4)cc3)cc2)cc1. The summed E-state index contributed by atoms with van der Waals surface area (Å²) in [7, 11) is 0. The van der Waals surface area contributed by atoms with Gasteiger partial charge in [0.05, 0.1) is 6.67 Å². The number of hydrogen-bond donors (Lipinski definition) is 0. The summed E-state index contributed by atoms with van der Waals surface area (Å²) >= 11 is 0. The molecule has 0 heterocycles. The molecule has 0 saturated heterocycles. The predicted octanol–water partition coefficient (Wildman–Crippen LogP) is 8.61. The molecule has 3 aromatic rings. The second kappa shape index (κ2) is 10.1. The van der Waals surface area contributed by atoms with Gasteiger partial charge in [-0.1, -0.05) is 79.7 Å². The molecule has 0 amide bonds. The van der Waals surface area contributed by atoms with E-state index in [1.165, 1.54) is 59.1 Å². The van der Waals surface area contributed by atoms with E-state index in [0.717, 1.165) is 25.2 Å². The van der Waals surface area contributed by atoms with Gasteiger partial charge < -0.3 is 0 Å². The molecule has 1 aliphatic carbocycles. The molecule has 4 rings (SSSR count). The first kappa shape index (κ1) is 20.8. The number of rotatable bonds is 7. The minimum Gasteiger partial charge on any atom is -0.251 e. The summed E-state index contributed by atoms with van der Waals surface area (Å²) in [6.45, 7) is 2.03. The lowest BCUT2D eigenvalue weighted by Crippen LogP contribution is -2.13. The van der Waals surface area contributed by atoms with Gasteiger partial charge in [0.2, 0.25) is 0 Å². The van der Waals surface area contributed by atoms with Gasteiger partial charge in [-0.2, -0.15) is 0 Å². The molecule has 1 aliphatic rings. The summed E-state index contributed by atoms with van der Waals surface area (Å²) < 4.78 is 12.4. The Kier molecular flexibility index (Phi) is 7.00. The summed E-state index contributed by atoms with van der Waals surface area (Å²) in [4.78, 5) is 0. The Bertz CT molecular complexity index is 898. The molecule has 0 aromatic heterocycles. The van der Waals surface area contributed by atoms with Gasteiger partial charge in [-0.05, 0) is 90.2 Å². The van der Waals surface area contributed by atoms with E-state index in [1.807, 2.05) is 0 Å². The van der Waals surface area contributed by atoms with Crippen molar-refractivity contribution in [3.63, 3.8) is 0 Å². The van der Waals surface area contributed by atoms with Crippen LogP contribution < -0.4 is 0 Å². The molecule has 0 spiro atoms. The molecule has 0 radical (unpaired) electrons. The van der Waals surface area contributed by atoms with Crippen molar-refractivity contribution in [1.29, 1.82) is 0 Å². The van der Waals surface area contributed by atoms with E-state index in [0.29, 0.717) is 5.92 Å². The van der Waals surface area contributed by atoms with Crippen LogP contribution in [0.15, 0.2) is 72.8 Å². The van der Waals surface area contributed by atoms with E-state index in [1.54, 1.807) is 0 Å². The highest BCUT2D eigenvalue weighted by molar-refractivity contribution is 5.70. The molecular formula is C29H33F. The highest BCUT2D eigenvalue weighted by Crippen LogP contribution is 2.38. The van der Waals surface area contributed by atoms with Crippen molar-refractivity contribution in [1.82, 2.24) is 0 Å². The van der Waals surface area contributed by atoms with Gasteiger partial charge in [0, 0.05) is 0 Å². The average Bonchev–Trinajstić information content (AvgIpc) is 2.83. The minimum atomic E-state index is -0.159. The Balaban J connectivity index is 1.39. The lowest BCUT2D eigenvalue weighted by atomic mass is 9.77. The number of halogens is 1. The molecule has 0 atom stereocenters. The van der Waals surface area contributed by atoms with Gasteiger partial charge in [0.25, 0.3) is 0 Å². The number of benzene rings is 3. The van der Waals surface area contributed by atoms with Crippen LogP contribution in [0.2, 0.25) is 0 Å². The Morgan fingerprint density at radius 3 is 1.60 bits per heavy atom. The van der Waals surface area contributed by atoms with Crippen LogP contribution in [0, 0.1) is 5.92 Å². The zero-order valence-electron chi connectivity index (χ0n) is 18.1. The van der Waals surface area contributed by atoms with Gasteiger partial charge in [-0.25, -0.2) is 0 Å². The van der Waals surface area contributed by atoms with Crippen molar-refractivity contribution in [2.45, 2.75) is 57.8 Å². The maximum absolute atomic E-state index is 12.4. The monoisotopic (exact) mass is 400 g/mol. The predicted molar refractivity (Wildman–Crippen MR) is 127 cm³/mol. The van der Waals surface area contributed by atoms with Gasteiger partial charge >= 0.3 is 0 Å². The molecular weight excluding hydrogens is 367 g/mol. The van der Waals surface area contributed by atoms with Crippen LogP contribution in [0.1, 0.15) is 62.5 Å². The molecule has 0 nitrogen and oxygen atoms in total. The second-order valence-electron chi connectivity index (χ2n) is 8.80. The fourth-order valence-corrected chi connectivity index (χ4v) is 4.89. The Labute approximate surface area is 181 Å². The summed E-state index contributed by atoms with van der Waals surface area (Å²) in [6.07, 6.45) is 7.91. The minimum absolute atomic E-state index is 0.159. The second-order valence-corrected chi connectivity index (χ2v) is 8.80. The largest absolute Gasteiger partial charge is 0.251 e. The smallest absolute Gasteiger partial charge is 0.0894 e. The third-order valence-electron chi connectivity index (χ3n) is 6.89. The Hall–Kier alpha value is -2.41. The first-order valence-electron chi connectivity index (χ1n) is 11.6. The molecule has 3 aromatic carbocycles. The quantitative estimate of drug-likeness (QED) is 0.372. The van der Waals surface area contributed by atoms with E-state index in [-0.39, 0.29) is 6.67 Å². The van der Waals surface area contributed by atoms with Crippen molar-refractivity contribution in [2.75, 3.05) is 6.67 Å². The third kappa shape index (κ3) is 5.01. The van der Waals surface area contributed by atoms with Gasteiger partial charge in [0.1, 0.15) is 0 Å². The van der Waals surface area contributed by atoms with Crippen LogP contribution in [-0.4, -0.2) is 6.67 Å². The van der Waals surface area contributed by atoms with Crippen LogP contribution >= 0.6 is 0 Å². The van der Waals surface area contributed by atoms with Gasteiger partial charge in [-0.15, -0.1) is 0 Å². The van der Waals surface area contributed by atoms with Crippen LogP contribution in [-0.2, 0) is 6.42 Å². The van der Waals surface area contributed by atoms with Crippen LogP contribution in [0.4, 0.5) is 4.39 Å². The molecule has 0 N–H and O–H groups in total. The maximum atomic E-state index is 12.4. The standard InChI is InChI=1S/C29H33F/c1-2-22-5-9-24(10-6-22)26-13-17-28(18-14-26)29-19-15-27(16-20-29)25-11-7-23(8-12-25)4-3-21-30/h5-6,9-10,13-20,23,25H,2-4,7-8,11-12,21H2,1H3. The lowest BCUT2D eigenvalue weighted by Gasteiger charge is -2.28. The molecule has 1 heteroatoms. The van der Waals surface area contributed by atoms with E-state index >= 15 is 0 Å². The van der Waals surface area contributed by atoms with Crippen molar-refractivity contribution in [3.05, 3.63) is 83.9 Å². The zero-order chi connectivity index (χ0) is 20.8. The molecule has 30 heavy (non-hydrogen) atoms. The molecule has 156 valence electrons. The summed E-state index contributed by atoms with van der Waals surface area (Å²) in [5.74, 6) is 1.42. The van der Waals surface area contributed by atoms with Crippen molar-refractivity contribution in [3.8, 4) is 22.3 Å². The zero-order valence-corrected chi connectivity index (χ0v) is 18.1. The van der Waals surface area contributed by atoms with Gasteiger partial charge in [0.15, 0.2) is 0 Å². The lowest BCUT2D eigenvalue weighted by molar-refractivity contribution is 0.293. The topological polar surface area (TPSA) is 0 Å². The average molecular weight is 401 g/mol. The highest BCUT2D eigenvalue weighted by Gasteiger charge is 2.22. The molecule has 1 fully saturated rings. The number of alkyl halides is 1. The molecule has 0 unspecified atom stereocenters. The first-order chi connectivity index (χ1) is 14.8. The van der Waals surface area contributed by atoms with Gasteiger partial charge in [-0.3, -0.25) is 4.39 Å². The van der Waals surface area contributed by atoms with E-state index in [2.05, 4.69) is 79.7 Å². The Morgan fingerprint density at radius 2 is 1.13 bits per heavy atom. The molecule has 1 saturated carbocycles. The number of aryl methyl sites for hydroxylation is 1. The summed E-state index contributed by atoms with van der Waals surface area (Å²) in [5, 5.41) is 0. The van der Waals surface area contributed by atoms with Crippen molar-refractivity contribution in [2.24, 2.45) is 5.92 Å². The summed E-state index contributed by atoms with van der Waals surface area (Å²) in [5.41, 5.74) is 7.94. The van der Waals surface area contributed by atoms with Crippen LogP contribution in [0.25, 0.3) is 22.3 Å². The first-order valence-corrected chi connectivity index (χ1v) is 11.6. The normalized spacial score (nSPS) is 19.0. The van der Waals surface area contributed by atoms with Crippen LogP contribution in [0.3, 0.4) is 0 Å².